The molecule has 1 aromatic carbocycles. The van der Waals surface area contributed by atoms with Crippen molar-refractivity contribution < 1.29 is 14.3 Å². The third-order valence-electron chi connectivity index (χ3n) is 6.08. The van der Waals surface area contributed by atoms with E-state index in [4.69, 9.17) is 4.74 Å². The maximum absolute atomic E-state index is 13.1. The number of carbonyl (C=O) groups is 2. The normalized spacial score (nSPS) is 24.9. The fourth-order valence-corrected chi connectivity index (χ4v) is 4.38. The van der Waals surface area contributed by atoms with Crippen LogP contribution >= 0.6 is 0 Å². The topological polar surface area (TPSA) is 49.9 Å². The van der Waals surface area contributed by atoms with Gasteiger partial charge in [-0.15, -0.1) is 0 Å². The summed E-state index contributed by atoms with van der Waals surface area (Å²) in [5, 5.41) is 0. The summed E-state index contributed by atoms with van der Waals surface area (Å²) in [5.74, 6) is 1.19. The van der Waals surface area contributed by atoms with Gasteiger partial charge in [-0.1, -0.05) is 39.0 Å². The molecule has 0 radical (unpaired) electrons. The van der Waals surface area contributed by atoms with Crippen molar-refractivity contribution in [1.29, 1.82) is 0 Å². The van der Waals surface area contributed by atoms with Crippen LogP contribution in [0, 0.1) is 5.41 Å². The summed E-state index contributed by atoms with van der Waals surface area (Å²) >= 11 is 0. The fraction of sp³-hybridized carbons (Fsp3) is 0.652. The molecule has 28 heavy (non-hydrogen) atoms. The molecule has 2 aliphatic rings. The quantitative estimate of drug-likeness (QED) is 0.772. The van der Waals surface area contributed by atoms with Crippen LogP contribution in [0.5, 0.6) is 5.75 Å². The van der Waals surface area contributed by atoms with E-state index in [1.165, 1.54) is 0 Å². The van der Waals surface area contributed by atoms with E-state index >= 15 is 0 Å². The van der Waals surface area contributed by atoms with Crippen LogP contribution in [-0.2, 0) is 16.1 Å². The van der Waals surface area contributed by atoms with Gasteiger partial charge in [-0.3, -0.25) is 9.59 Å². The molecule has 0 bridgehead atoms. The molecule has 3 rings (SSSR count). The lowest BCUT2D eigenvalue weighted by molar-refractivity contribution is -0.137. The summed E-state index contributed by atoms with van der Waals surface area (Å²) in [7, 11) is 1.88. The first kappa shape index (κ1) is 20.7. The molecule has 1 aliphatic carbocycles. The Bertz CT molecular complexity index is 730. The Kier molecular flexibility index (Phi) is 5.74. The van der Waals surface area contributed by atoms with Gasteiger partial charge < -0.3 is 14.5 Å². The summed E-state index contributed by atoms with van der Waals surface area (Å²) in [6.07, 6.45) is 4.03. The van der Waals surface area contributed by atoms with Crippen LogP contribution in [0.4, 0.5) is 0 Å². The molecule has 1 aromatic rings. The highest BCUT2D eigenvalue weighted by molar-refractivity contribution is 5.77. The van der Waals surface area contributed by atoms with E-state index < -0.39 is 0 Å². The predicted molar refractivity (Wildman–Crippen MR) is 110 cm³/mol. The van der Waals surface area contributed by atoms with Gasteiger partial charge in [0.1, 0.15) is 11.4 Å². The molecule has 1 fully saturated rings. The number of carbonyl (C=O) groups excluding carboxylic acids is 2. The minimum absolute atomic E-state index is 0.0429. The van der Waals surface area contributed by atoms with Crippen molar-refractivity contribution in [3.8, 4) is 5.75 Å². The van der Waals surface area contributed by atoms with Crippen LogP contribution in [0.15, 0.2) is 24.3 Å². The minimum atomic E-state index is -0.367. The largest absolute Gasteiger partial charge is 0.485 e. The van der Waals surface area contributed by atoms with E-state index in [1.807, 2.05) is 35.0 Å². The Balaban J connectivity index is 1.83. The smallest absolute Gasteiger partial charge is 0.223 e. The summed E-state index contributed by atoms with van der Waals surface area (Å²) in [6, 6.07) is 8.33. The number of fused-ring (bicyclic) bond motifs is 1. The van der Waals surface area contributed by atoms with Gasteiger partial charge in [0.15, 0.2) is 0 Å². The van der Waals surface area contributed by atoms with E-state index in [-0.39, 0.29) is 28.9 Å². The first-order valence-electron chi connectivity index (χ1n) is 10.4. The molecule has 1 heterocycles. The molecular formula is C23H34N2O3. The number of para-hydroxylation sites is 1. The molecule has 2 amide bonds. The van der Waals surface area contributed by atoms with Crippen molar-refractivity contribution in [1.82, 2.24) is 9.80 Å². The van der Waals surface area contributed by atoms with Crippen molar-refractivity contribution in [2.24, 2.45) is 5.41 Å². The zero-order chi connectivity index (χ0) is 20.5. The van der Waals surface area contributed by atoms with E-state index in [0.29, 0.717) is 19.5 Å². The van der Waals surface area contributed by atoms with Crippen LogP contribution in [0.25, 0.3) is 0 Å². The van der Waals surface area contributed by atoms with Gasteiger partial charge in [-0.2, -0.15) is 0 Å². The first-order chi connectivity index (χ1) is 13.1. The van der Waals surface area contributed by atoms with Gasteiger partial charge in [-0.25, -0.2) is 0 Å². The molecule has 154 valence electrons. The van der Waals surface area contributed by atoms with Gasteiger partial charge in [0.2, 0.25) is 11.8 Å². The maximum atomic E-state index is 13.1. The highest BCUT2D eigenvalue weighted by atomic mass is 16.5. The van der Waals surface area contributed by atoms with Crippen LogP contribution in [0.3, 0.4) is 0 Å². The third-order valence-corrected chi connectivity index (χ3v) is 6.08. The van der Waals surface area contributed by atoms with Crippen LogP contribution in [0.1, 0.15) is 65.4 Å². The van der Waals surface area contributed by atoms with Gasteiger partial charge >= 0.3 is 0 Å². The van der Waals surface area contributed by atoms with Gasteiger partial charge in [0, 0.05) is 38.5 Å². The molecule has 1 aliphatic heterocycles. The number of hydrogen-bond donors (Lipinski definition) is 0. The van der Waals surface area contributed by atoms with Crippen molar-refractivity contribution >= 4 is 11.8 Å². The number of benzene rings is 1. The van der Waals surface area contributed by atoms with Crippen molar-refractivity contribution in [3.63, 3.8) is 0 Å². The second-order valence-electron chi connectivity index (χ2n) is 9.74. The molecule has 0 unspecified atom stereocenters. The monoisotopic (exact) mass is 386 g/mol. The molecule has 0 saturated heterocycles. The SMILES string of the molecule is CC(=O)N(C)C1CCC2(CC1)CN(C(=O)CC(C)(C)C)Cc1ccccc1O2. The molecule has 0 N–H and O–H groups in total. The van der Waals surface area contributed by atoms with Crippen molar-refractivity contribution in [2.45, 2.75) is 78.0 Å². The van der Waals surface area contributed by atoms with E-state index in [1.54, 1.807) is 6.92 Å². The minimum Gasteiger partial charge on any atom is -0.485 e. The molecule has 0 atom stereocenters. The van der Waals surface area contributed by atoms with Crippen molar-refractivity contribution in [3.05, 3.63) is 29.8 Å². The number of amides is 2. The second kappa shape index (κ2) is 7.76. The highest BCUT2D eigenvalue weighted by Crippen LogP contribution is 2.39. The molecule has 5 nitrogen and oxygen atoms in total. The molecule has 1 spiro atoms. The number of nitrogens with zero attached hydrogens (tertiary/aromatic N) is 2. The van der Waals surface area contributed by atoms with Gasteiger partial charge in [-0.05, 0) is 37.2 Å². The zero-order valence-electron chi connectivity index (χ0n) is 18.0. The average molecular weight is 387 g/mol. The zero-order valence-corrected chi connectivity index (χ0v) is 18.0. The van der Waals surface area contributed by atoms with Crippen LogP contribution in [0.2, 0.25) is 0 Å². The summed E-state index contributed by atoms with van der Waals surface area (Å²) < 4.78 is 6.59. The Hall–Kier alpha value is -2.04. The lowest BCUT2D eigenvalue weighted by Crippen LogP contribution is -2.52. The van der Waals surface area contributed by atoms with Crippen LogP contribution < -0.4 is 4.74 Å². The Labute approximate surface area is 169 Å². The van der Waals surface area contributed by atoms with E-state index in [0.717, 1.165) is 37.0 Å². The molecule has 1 saturated carbocycles. The predicted octanol–water partition coefficient (Wildman–Crippen LogP) is 4.00. The Morgan fingerprint density at radius 1 is 1.21 bits per heavy atom. The van der Waals surface area contributed by atoms with Gasteiger partial charge in [0.25, 0.3) is 0 Å². The van der Waals surface area contributed by atoms with E-state index in [9.17, 15) is 9.59 Å². The standard InChI is InChI=1S/C23H34N2O3/c1-17(26)24(5)19-10-12-23(13-11-19)16-25(21(27)14-22(2,3)4)15-18-8-6-7-9-20(18)28-23/h6-9,19H,10-16H2,1-5H3. The first-order valence-corrected chi connectivity index (χ1v) is 10.4. The number of hydrogen-bond acceptors (Lipinski definition) is 3. The van der Waals surface area contributed by atoms with E-state index in [2.05, 4.69) is 26.8 Å². The third kappa shape index (κ3) is 4.68. The molecule has 0 aromatic heterocycles. The van der Waals surface area contributed by atoms with Crippen LogP contribution in [-0.4, -0.2) is 46.8 Å². The highest BCUT2D eigenvalue weighted by Gasteiger charge is 2.43. The maximum Gasteiger partial charge on any atom is 0.223 e. The fourth-order valence-electron chi connectivity index (χ4n) is 4.38. The van der Waals surface area contributed by atoms with Crippen molar-refractivity contribution in [2.75, 3.05) is 13.6 Å². The molecule has 5 heteroatoms. The Morgan fingerprint density at radius 3 is 2.46 bits per heavy atom. The Morgan fingerprint density at radius 2 is 1.86 bits per heavy atom. The summed E-state index contributed by atoms with van der Waals surface area (Å²) in [6.45, 7) is 9.15. The van der Waals surface area contributed by atoms with Gasteiger partial charge in [0.05, 0.1) is 6.54 Å². The average Bonchev–Trinajstić information content (AvgIpc) is 2.77. The molecular weight excluding hydrogens is 352 g/mol. The summed E-state index contributed by atoms with van der Waals surface area (Å²) in [5.41, 5.74) is 0.664. The lowest BCUT2D eigenvalue weighted by Gasteiger charge is -2.43. The second-order valence-corrected chi connectivity index (χ2v) is 9.74. The number of rotatable bonds is 2. The number of ether oxygens (including phenoxy) is 1. The lowest BCUT2D eigenvalue weighted by atomic mass is 9.80. The summed E-state index contributed by atoms with van der Waals surface area (Å²) in [4.78, 5) is 28.7.